The first kappa shape index (κ1) is 34.4. The molecule has 2 fully saturated rings. The van der Waals surface area contributed by atoms with Gasteiger partial charge >= 0.3 is 13.7 Å². The summed E-state index contributed by atoms with van der Waals surface area (Å²) in [6.45, 7) is 2.35. The van der Waals surface area contributed by atoms with Crippen molar-refractivity contribution in [2.75, 3.05) is 32.7 Å². The number of fused-ring (bicyclic) bond motifs is 2. The molecule has 6 rings (SSSR count). The minimum absolute atomic E-state index is 0.0371. The Labute approximate surface area is 279 Å². The number of nitrogens with zero attached hydrogens (tertiary/aromatic N) is 1. The summed E-state index contributed by atoms with van der Waals surface area (Å²) in [6.07, 6.45) is -2.58. The molecule has 258 valence electrons. The largest absolute Gasteiger partial charge is 0.480 e. The van der Waals surface area contributed by atoms with Crippen molar-refractivity contribution in [2.24, 2.45) is 5.92 Å². The minimum Gasteiger partial charge on any atom is -0.480 e. The molecule has 0 saturated carbocycles. The summed E-state index contributed by atoms with van der Waals surface area (Å²) in [5, 5.41) is 14.2. The van der Waals surface area contributed by atoms with Gasteiger partial charge in [-0.2, -0.15) is 4.31 Å². The van der Waals surface area contributed by atoms with Crippen molar-refractivity contribution < 1.29 is 51.2 Å². The summed E-state index contributed by atoms with van der Waals surface area (Å²) in [6, 6.07) is 20.9. The molecule has 3 aromatic carbocycles. The molecule has 13 nitrogen and oxygen atoms in total. The molecule has 3 N–H and O–H groups in total. The fourth-order valence-corrected chi connectivity index (χ4v) is 8.90. The molecule has 3 aliphatic heterocycles. The van der Waals surface area contributed by atoms with Crippen molar-refractivity contribution in [2.45, 2.75) is 55.1 Å². The van der Waals surface area contributed by atoms with Crippen molar-refractivity contribution in [3.8, 4) is 11.5 Å². The quantitative estimate of drug-likeness (QED) is 0.234. The summed E-state index contributed by atoms with van der Waals surface area (Å²) in [5.41, 5.74) is 1.31. The van der Waals surface area contributed by atoms with E-state index < -0.39 is 54.6 Å². The first-order chi connectivity index (χ1) is 23.0. The molecular formula is C33H39N2O11PS. The Bertz CT molecular complexity index is 1730. The normalized spacial score (nSPS) is 25.6. The van der Waals surface area contributed by atoms with E-state index in [4.69, 9.17) is 23.5 Å². The van der Waals surface area contributed by atoms with Crippen molar-refractivity contribution in [3.05, 3.63) is 90.0 Å². The van der Waals surface area contributed by atoms with Crippen LogP contribution in [0.5, 0.6) is 11.5 Å². The molecule has 48 heavy (non-hydrogen) atoms. The maximum atomic E-state index is 13.8. The zero-order valence-corrected chi connectivity index (χ0v) is 28.0. The van der Waals surface area contributed by atoms with E-state index in [9.17, 15) is 27.8 Å². The molecule has 0 spiro atoms. The molecule has 15 heteroatoms. The fraction of sp³-hybridized carbons (Fsp3) is 0.424. The van der Waals surface area contributed by atoms with Gasteiger partial charge in [0.15, 0.2) is 12.6 Å². The second kappa shape index (κ2) is 14.6. The third kappa shape index (κ3) is 8.03. The lowest BCUT2D eigenvalue weighted by Crippen LogP contribution is -2.52. The van der Waals surface area contributed by atoms with Gasteiger partial charge < -0.3 is 38.8 Å². The van der Waals surface area contributed by atoms with E-state index in [0.717, 1.165) is 5.56 Å². The van der Waals surface area contributed by atoms with E-state index >= 15 is 0 Å². The molecule has 0 aliphatic carbocycles. The van der Waals surface area contributed by atoms with Crippen LogP contribution in [0.2, 0.25) is 0 Å². The third-order valence-electron chi connectivity index (χ3n) is 8.69. The zero-order valence-electron chi connectivity index (χ0n) is 26.3. The number of carbonyl (C=O) groups is 1. The van der Waals surface area contributed by atoms with Gasteiger partial charge in [0.1, 0.15) is 17.6 Å². The number of hydrogen-bond donors (Lipinski definition) is 3. The number of hydrogen-bond acceptors (Lipinski definition) is 10. The maximum Gasteiger partial charge on any atom is 0.413 e. The Morgan fingerprint density at radius 2 is 1.79 bits per heavy atom. The molecular weight excluding hydrogens is 663 g/mol. The average Bonchev–Trinajstić information content (AvgIpc) is 3.68. The monoisotopic (exact) mass is 702 g/mol. The molecule has 0 bridgehead atoms. The van der Waals surface area contributed by atoms with E-state index in [0.29, 0.717) is 18.6 Å². The molecule has 0 aromatic heterocycles. The van der Waals surface area contributed by atoms with Gasteiger partial charge in [0.25, 0.3) is 0 Å². The number of ether oxygens (including phenoxy) is 4. The SMILES string of the molecule is CC1CN(C[C@@H](O)[C@H](Cc2ccccc2)NC(=O)O[C@H]2CO[C@H]3OCC[C@H]32)S(=O)(=O)c2ccc(OCP(=O)(O)Oc3ccccc3)cc21. The van der Waals surface area contributed by atoms with Crippen molar-refractivity contribution in [1.82, 2.24) is 9.62 Å². The highest BCUT2D eigenvalue weighted by Crippen LogP contribution is 2.43. The molecule has 3 aromatic rings. The highest BCUT2D eigenvalue weighted by molar-refractivity contribution is 7.89. The van der Waals surface area contributed by atoms with E-state index in [1.54, 1.807) is 30.3 Å². The van der Waals surface area contributed by atoms with Gasteiger partial charge in [0, 0.05) is 13.1 Å². The number of β-amino-alcohol motifs (C(OH)–C–C–N with tert-alkyl or cyclic N) is 1. The molecule has 0 radical (unpaired) electrons. The molecule has 3 aliphatic rings. The number of carbonyl (C=O) groups excluding carboxylic acids is 1. The Kier molecular flexibility index (Phi) is 10.4. The van der Waals surface area contributed by atoms with Gasteiger partial charge in [-0.1, -0.05) is 55.5 Å². The first-order valence-corrected chi connectivity index (χ1v) is 18.9. The second-order valence-electron chi connectivity index (χ2n) is 12.2. The minimum atomic E-state index is -4.16. The number of aliphatic hydroxyl groups is 1. The van der Waals surface area contributed by atoms with Gasteiger partial charge in [0.2, 0.25) is 10.0 Å². The Balaban J connectivity index is 1.13. The first-order valence-electron chi connectivity index (χ1n) is 15.7. The Hall–Kier alpha value is -3.49. The average molecular weight is 703 g/mol. The van der Waals surface area contributed by atoms with E-state index in [1.807, 2.05) is 37.3 Å². The number of aliphatic hydroxyl groups excluding tert-OH is 1. The van der Waals surface area contributed by atoms with Gasteiger partial charge in [0.05, 0.1) is 36.2 Å². The lowest BCUT2D eigenvalue weighted by atomic mass is 9.99. The van der Waals surface area contributed by atoms with Gasteiger partial charge in [-0.25, -0.2) is 17.8 Å². The van der Waals surface area contributed by atoms with Crippen LogP contribution in [0.15, 0.2) is 83.8 Å². The molecule has 7 atom stereocenters. The number of nitrogens with one attached hydrogen (secondary N) is 1. The summed E-state index contributed by atoms with van der Waals surface area (Å²) in [4.78, 5) is 23.3. The summed E-state index contributed by atoms with van der Waals surface area (Å²) in [7, 11) is -8.22. The van der Waals surface area contributed by atoms with Crippen molar-refractivity contribution in [3.63, 3.8) is 0 Å². The van der Waals surface area contributed by atoms with Gasteiger partial charge in [-0.15, -0.1) is 0 Å². The molecule has 2 saturated heterocycles. The van der Waals surface area contributed by atoms with Crippen molar-refractivity contribution >= 4 is 23.7 Å². The smallest absolute Gasteiger partial charge is 0.413 e. The predicted molar refractivity (Wildman–Crippen MR) is 173 cm³/mol. The van der Waals surface area contributed by atoms with Crippen LogP contribution in [0.1, 0.15) is 30.4 Å². The number of sulfonamides is 1. The number of para-hydroxylation sites is 1. The van der Waals surface area contributed by atoms with Crippen LogP contribution >= 0.6 is 7.60 Å². The highest BCUT2D eigenvalue weighted by atomic mass is 32.2. The van der Waals surface area contributed by atoms with Gasteiger partial charge in [-0.3, -0.25) is 0 Å². The lowest BCUT2D eigenvalue weighted by molar-refractivity contribution is -0.0907. The number of benzene rings is 3. The van der Waals surface area contributed by atoms with E-state index in [2.05, 4.69) is 5.32 Å². The zero-order chi connectivity index (χ0) is 33.9. The Morgan fingerprint density at radius 3 is 2.54 bits per heavy atom. The van der Waals surface area contributed by atoms with Crippen LogP contribution in [-0.2, 0) is 35.2 Å². The van der Waals surface area contributed by atoms with Crippen LogP contribution in [-0.4, -0.2) is 86.0 Å². The van der Waals surface area contributed by atoms with Crippen LogP contribution in [0, 0.1) is 5.92 Å². The third-order valence-corrected chi connectivity index (χ3v) is 11.6. The van der Waals surface area contributed by atoms with E-state index in [1.165, 1.54) is 22.5 Å². The molecule has 1 amide bonds. The Morgan fingerprint density at radius 1 is 1.06 bits per heavy atom. The topological polar surface area (TPSA) is 170 Å². The number of amides is 1. The standard InChI is InChI=1S/C33H39N2O11PS/c1-22-18-35(48(40,41)31-13-12-25(17-27(22)31)44-21-47(38,39)46-24-10-6-3-7-11-24)19-29(36)28(16-23-8-4-2-5-9-23)34-33(37)45-30-20-43-32-26(30)14-15-42-32/h2-13,17,22,26,28-30,32,36H,14-16,18-21H2,1H3,(H,34,37)(H,38,39)/t22?,26-,28-,29+,30-,32+/m0/s1. The molecule has 3 heterocycles. The number of rotatable bonds is 12. The van der Waals surface area contributed by atoms with Crippen molar-refractivity contribution in [1.29, 1.82) is 0 Å². The lowest BCUT2D eigenvalue weighted by Gasteiger charge is -2.35. The second-order valence-corrected chi connectivity index (χ2v) is 15.8. The van der Waals surface area contributed by atoms with E-state index in [-0.39, 0.29) is 54.3 Å². The summed E-state index contributed by atoms with van der Waals surface area (Å²) >= 11 is 0. The summed E-state index contributed by atoms with van der Waals surface area (Å²) < 4.78 is 68.8. The fourth-order valence-electron chi connectivity index (χ4n) is 6.24. The van der Waals surface area contributed by atoms with Crippen LogP contribution < -0.4 is 14.6 Å². The van der Waals surface area contributed by atoms with Gasteiger partial charge in [-0.05, 0) is 60.2 Å². The van der Waals surface area contributed by atoms with Crippen LogP contribution in [0.25, 0.3) is 0 Å². The maximum absolute atomic E-state index is 13.8. The molecule has 2 unspecified atom stereocenters. The van der Waals surface area contributed by atoms with Crippen LogP contribution in [0.4, 0.5) is 4.79 Å². The predicted octanol–water partition coefficient (Wildman–Crippen LogP) is 3.85. The number of alkyl carbamates (subject to hydrolysis) is 1. The summed E-state index contributed by atoms with van der Waals surface area (Å²) in [5.74, 6) is 0.0624. The van der Waals surface area contributed by atoms with Crippen LogP contribution in [0.3, 0.4) is 0 Å². The highest BCUT2D eigenvalue weighted by Gasteiger charge is 2.44.